The Kier molecular flexibility index (Phi) is 2.80. The van der Waals surface area contributed by atoms with Crippen molar-refractivity contribution < 1.29 is 4.79 Å². The van der Waals surface area contributed by atoms with Gasteiger partial charge >= 0.3 is 6.03 Å². The summed E-state index contributed by atoms with van der Waals surface area (Å²) in [5.41, 5.74) is 5.21. The molecule has 0 aliphatic carbocycles. The van der Waals surface area contributed by atoms with E-state index in [4.69, 9.17) is 5.73 Å². The minimum atomic E-state index is -0.263. The van der Waals surface area contributed by atoms with Gasteiger partial charge < -0.3 is 16.0 Å². The van der Waals surface area contributed by atoms with Gasteiger partial charge in [-0.25, -0.2) is 4.79 Å². The Labute approximate surface area is 77.9 Å². The van der Waals surface area contributed by atoms with Gasteiger partial charge in [0.1, 0.15) is 0 Å². The number of nitrogens with zero attached hydrogens (tertiary/aromatic N) is 1. The molecule has 0 aromatic heterocycles. The van der Waals surface area contributed by atoms with Gasteiger partial charge in [0.15, 0.2) is 0 Å². The van der Waals surface area contributed by atoms with Crippen molar-refractivity contribution >= 4 is 18.4 Å². The summed E-state index contributed by atoms with van der Waals surface area (Å²) in [6.45, 7) is 1.73. The lowest BCUT2D eigenvalue weighted by molar-refractivity contribution is 0.103. The number of urea groups is 1. The fourth-order valence-corrected chi connectivity index (χ4v) is 1.98. The third-order valence-corrected chi connectivity index (χ3v) is 2.63. The van der Waals surface area contributed by atoms with Crippen LogP contribution in [0.1, 0.15) is 12.8 Å². The average molecular weight is 192 g/mol. The first-order valence-corrected chi connectivity index (χ1v) is 4.07. The van der Waals surface area contributed by atoms with Crippen LogP contribution in [0.3, 0.4) is 0 Å². The minimum absolute atomic E-state index is 0. The van der Waals surface area contributed by atoms with Gasteiger partial charge in [-0.15, -0.1) is 12.4 Å². The molecule has 2 atom stereocenters. The van der Waals surface area contributed by atoms with Gasteiger partial charge in [-0.1, -0.05) is 0 Å². The van der Waals surface area contributed by atoms with Gasteiger partial charge in [-0.2, -0.15) is 0 Å². The largest absolute Gasteiger partial charge is 0.351 e. The molecule has 5 heteroatoms. The Morgan fingerprint density at radius 2 is 2.25 bits per heavy atom. The summed E-state index contributed by atoms with van der Waals surface area (Å²) in [5, 5.41) is 3.35. The van der Waals surface area contributed by atoms with Crippen molar-refractivity contribution in [2.45, 2.75) is 24.9 Å². The molecule has 3 aliphatic rings. The van der Waals surface area contributed by atoms with Crippen LogP contribution in [-0.2, 0) is 0 Å². The predicted molar refractivity (Wildman–Crippen MR) is 48.4 cm³/mol. The van der Waals surface area contributed by atoms with E-state index in [9.17, 15) is 4.79 Å². The van der Waals surface area contributed by atoms with Crippen LogP contribution in [0, 0.1) is 0 Å². The molecule has 0 radical (unpaired) electrons. The Bertz CT molecular complexity index is 179. The van der Waals surface area contributed by atoms with Crippen LogP contribution >= 0.6 is 12.4 Å². The fraction of sp³-hybridized carbons (Fsp3) is 0.857. The number of halogens is 1. The number of piperazine rings is 1. The summed E-state index contributed by atoms with van der Waals surface area (Å²) in [5.74, 6) is 0. The number of amides is 2. The second-order valence-electron chi connectivity index (χ2n) is 3.33. The first kappa shape index (κ1) is 9.61. The summed E-state index contributed by atoms with van der Waals surface area (Å²) in [6, 6.07) is 0.589. The van der Waals surface area contributed by atoms with Gasteiger partial charge in [0, 0.05) is 25.2 Å². The van der Waals surface area contributed by atoms with E-state index < -0.39 is 0 Å². The second-order valence-corrected chi connectivity index (χ2v) is 3.33. The zero-order valence-electron chi connectivity index (χ0n) is 6.82. The zero-order valence-corrected chi connectivity index (χ0v) is 7.64. The summed E-state index contributed by atoms with van der Waals surface area (Å²) in [6.07, 6.45) is 2.30. The van der Waals surface area contributed by atoms with Crippen LogP contribution in [0.25, 0.3) is 0 Å². The molecule has 3 aliphatic heterocycles. The first-order chi connectivity index (χ1) is 5.27. The van der Waals surface area contributed by atoms with Gasteiger partial charge in [-0.3, -0.25) is 0 Å². The maximum absolute atomic E-state index is 10.9. The molecule has 0 aromatic carbocycles. The molecule has 3 heterocycles. The minimum Gasteiger partial charge on any atom is -0.351 e. The molecule has 0 aromatic rings. The lowest BCUT2D eigenvalue weighted by atomic mass is 9.93. The van der Waals surface area contributed by atoms with E-state index in [1.54, 1.807) is 4.90 Å². The lowest BCUT2D eigenvalue weighted by Gasteiger charge is -2.45. The number of fused-ring (bicyclic) bond motifs is 3. The van der Waals surface area contributed by atoms with Crippen LogP contribution in [-0.4, -0.2) is 36.1 Å². The number of carbonyl (C=O) groups excluding carboxylic acids is 1. The smallest absolute Gasteiger partial charge is 0.315 e. The summed E-state index contributed by atoms with van der Waals surface area (Å²) in [4.78, 5) is 12.6. The van der Waals surface area contributed by atoms with Gasteiger partial charge in [-0.05, 0) is 12.8 Å². The molecule has 4 nitrogen and oxygen atoms in total. The van der Waals surface area contributed by atoms with Crippen LogP contribution in [0.4, 0.5) is 4.79 Å². The topological polar surface area (TPSA) is 58.4 Å². The molecule has 2 unspecified atom stereocenters. The highest BCUT2D eigenvalue weighted by Gasteiger charge is 2.34. The molecule has 70 valence electrons. The Morgan fingerprint density at radius 3 is 2.50 bits per heavy atom. The molecule has 3 rings (SSSR count). The number of primary amides is 1. The SMILES string of the molecule is Cl.NC(=O)N1CC2CCC1CN2. The molecule has 12 heavy (non-hydrogen) atoms. The maximum atomic E-state index is 10.9. The van der Waals surface area contributed by atoms with Crippen molar-refractivity contribution in [1.82, 2.24) is 10.2 Å². The predicted octanol–water partition coefficient (Wildman–Crippen LogP) is -0.0769. The first-order valence-electron chi connectivity index (χ1n) is 4.07. The quantitative estimate of drug-likeness (QED) is 0.563. The van der Waals surface area contributed by atoms with Gasteiger partial charge in [0.2, 0.25) is 0 Å². The normalized spacial score (nSPS) is 32.8. The Morgan fingerprint density at radius 1 is 1.50 bits per heavy atom. The molecule has 0 spiro atoms. The van der Waals surface area contributed by atoms with E-state index in [0.717, 1.165) is 19.5 Å². The monoisotopic (exact) mass is 191 g/mol. The van der Waals surface area contributed by atoms with E-state index in [0.29, 0.717) is 12.1 Å². The van der Waals surface area contributed by atoms with Crippen molar-refractivity contribution in [2.24, 2.45) is 5.73 Å². The molecule has 2 amide bonds. The molecule has 3 fully saturated rings. The van der Waals surface area contributed by atoms with Crippen LogP contribution < -0.4 is 11.1 Å². The van der Waals surface area contributed by atoms with E-state index in [1.165, 1.54) is 6.42 Å². The number of nitrogens with two attached hydrogens (primary N) is 1. The van der Waals surface area contributed by atoms with Crippen molar-refractivity contribution in [3.05, 3.63) is 0 Å². The highest BCUT2D eigenvalue weighted by Crippen LogP contribution is 2.21. The van der Waals surface area contributed by atoms with Crippen LogP contribution in [0.5, 0.6) is 0 Å². The van der Waals surface area contributed by atoms with E-state index in [2.05, 4.69) is 5.32 Å². The maximum Gasteiger partial charge on any atom is 0.315 e. The Hall–Kier alpha value is -0.480. The van der Waals surface area contributed by atoms with Crippen molar-refractivity contribution in [2.75, 3.05) is 13.1 Å². The summed E-state index contributed by atoms with van der Waals surface area (Å²) < 4.78 is 0. The Balaban J connectivity index is 0.000000720. The van der Waals surface area contributed by atoms with Crippen molar-refractivity contribution in [3.63, 3.8) is 0 Å². The van der Waals surface area contributed by atoms with Gasteiger partial charge in [0.25, 0.3) is 0 Å². The van der Waals surface area contributed by atoms with Crippen LogP contribution in [0.15, 0.2) is 0 Å². The third-order valence-electron chi connectivity index (χ3n) is 2.63. The number of hydrogen-bond acceptors (Lipinski definition) is 2. The molecule has 3 N–H and O–H groups in total. The highest BCUT2D eigenvalue weighted by atomic mass is 35.5. The van der Waals surface area contributed by atoms with Gasteiger partial charge in [0.05, 0.1) is 0 Å². The molecule has 2 bridgehead atoms. The third kappa shape index (κ3) is 1.49. The zero-order chi connectivity index (χ0) is 7.84. The van der Waals surface area contributed by atoms with Crippen molar-refractivity contribution in [3.8, 4) is 0 Å². The lowest BCUT2D eigenvalue weighted by Crippen LogP contribution is -2.63. The second kappa shape index (κ2) is 3.49. The van der Waals surface area contributed by atoms with E-state index >= 15 is 0 Å². The van der Waals surface area contributed by atoms with E-state index in [1.807, 2.05) is 0 Å². The number of rotatable bonds is 0. The standard InChI is InChI=1S/C7H13N3O.ClH/c8-7(11)10-4-5-1-2-6(10)3-9-5;/h5-6,9H,1-4H2,(H2,8,11);1H. The summed E-state index contributed by atoms with van der Waals surface area (Å²) in [7, 11) is 0. The molecular weight excluding hydrogens is 178 g/mol. The van der Waals surface area contributed by atoms with E-state index in [-0.39, 0.29) is 18.4 Å². The average Bonchev–Trinajstić information content (AvgIpc) is 2.06. The number of nitrogens with one attached hydrogen (secondary N) is 1. The van der Waals surface area contributed by atoms with Crippen LogP contribution in [0.2, 0.25) is 0 Å². The number of carbonyl (C=O) groups is 1. The molecule has 3 saturated heterocycles. The fourth-order valence-electron chi connectivity index (χ4n) is 1.98. The number of hydrogen-bond donors (Lipinski definition) is 2. The molecule has 0 saturated carbocycles. The molecular formula is C7H14ClN3O. The summed E-state index contributed by atoms with van der Waals surface area (Å²) >= 11 is 0. The highest BCUT2D eigenvalue weighted by molar-refractivity contribution is 5.85. The number of piperidine rings is 2. The van der Waals surface area contributed by atoms with Crippen molar-refractivity contribution in [1.29, 1.82) is 0 Å².